The highest BCUT2D eigenvalue weighted by Gasteiger charge is 2.00. The van der Waals surface area contributed by atoms with Crippen LogP contribution in [0.3, 0.4) is 0 Å². The van der Waals surface area contributed by atoms with Gasteiger partial charge < -0.3 is 11.1 Å². The minimum atomic E-state index is 0.288. The number of anilines is 1. The summed E-state index contributed by atoms with van der Waals surface area (Å²) < 4.78 is 0. The standard InChI is InChI=1S/C12H13N5S/c1-8-14-4-3-10(17-8)7-16-9-2-5-15-11(6-9)12(13)18/h2-6H,7H2,1H3,(H2,13,18)(H,15,16). The first-order valence-electron chi connectivity index (χ1n) is 5.43. The molecule has 0 radical (unpaired) electrons. The molecular formula is C12H13N5S. The summed E-state index contributed by atoms with van der Waals surface area (Å²) in [6.07, 6.45) is 3.41. The van der Waals surface area contributed by atoms with Crippen LogP contribution in [0.5, 0.6) is 0 Å². The topological polar surface area (TPSA) is 76.7 Å². The number of nitrogens with two attached hydrogens (primary N) is 1. The van der Waals surface area contributed by atoms with E-state index in [1.807, 2.05) is 25.1 Å². The third kappa shape index (κ3) is 3.21. The molecule has 6 heteroatoms. The number of aryl methyl sites for hydroxylation is 1. The van der Waals surface area contributed by atoms with E-state index < -0.39 is 0 Å². The van der Waals surface area contributed by atoms with E-state index in [1.165, 1.54) is 0 Å². The Morgan fingerprint density at radius 2 is 2.11 bits per heavy atom. The SMILES string of the molecule is Cc1nccc(CNc2ccnc(C(N)=S)c2)n1. The molecule has 0 aliphatic rings. The normalized spacial score (nSPS) is 10.1. The van der Waals surface area contributed by atoms with E-state index in [2.05, 4.69) is 20.3 Å². The van der Waals surface area contributed by atoms with Gasteiger partial charge in [-0.25, -0.2) is 9.97 Å². The molecule has 3 N–H and O–H groups in total. The highest BCUT2D eigenvalue weighted by molar-refractivity contribution is 7.80. The van der Waals surface area contributed by atoms with Gasteiger partial charge in [-0.2, -0.15) is 0 Å². The Morgan fingerprint density at radius 3 is 2.83 bits per heavy atom. The van der Waals surface area contributed by atoms with Crippen LogP contribution in [0.25, 0.3) is 0 Å². The van der Waals surface area contributed by atoms with E-state index in [0.717, 1.165) is 17.2 Å². The predicted molar refractivity (Wildman–Crippen MR) is 74.2 cm³/mol. The van der Waals surface area contributed by atoms with Crippen molar-refractivity contribution in [2.75, 3.05) is 5.32 Å². The van der Waals surface area contributed by atoms with Crippen molar-refractivity contribution in [1.82, 2.24) is 15.0 Å². The Morgan fingerprint density at radius 1 is 1.33 bits per heavy atom. The number of nitrogens with zero attached hydrogens (tertiary/aromatic N) is 3. The van der Waals surface area contributed by atoms with Gasteiger partial charge in [-0.05, 0) is 25.1 Å². The van der Waals surface area contributed by atoms with Gasteiger partial charge in [0.2, 0.25) is 0 Å². The summed E-state index contributed by atoms with van der Waals surface area (Å²) in [7, 11) is 0. The molecule has 0 atom stereocenters. The number of nitrogens with one attached hydrogen (secondary N) is 1. The maximum absolute atomic E-state index is 5.53. The fourth-order valence-electron chi connectivity index (χ4n) is 1.47. The van der Waals surface area contributed by atoms with Gasteiger partial charge in [0.15, 0.2) is 0 Å². The van der Waals surface area contributed by atoms with Gasteiger partial charge in [-0.3, -0.25) is 4.98 Å². The third-order valence-electron chi connectivity index (χ3n) is 2.32. The van der Waals surface area contributed by atoms with Crippen LogP contribution in [0.15, 0.2) is 30.6 Å². The summed E-state index contributed by atoms with van der Waals surface area (Å²) >= 11 is 4.88. The monoisotopic (exact) mass is 259 g/mol. The number of aromatic nitrogens is 3. The van der Waals surface area contributed by atoms with Gasteiger partial charge in [-0.1, -0.05) is 12.2 Å². The van der Waals surface area contributed by atoms with Crippen molar-refractivity contribution in [1.29, 1.82) is 0 Å². The average molecular weight is 259 g/mol. The summed E-state index contributed by atoms with van der Waals surface area (Å²) in [5.41, 5.74) is 7.97. The van der Waals surface area contributed by atoms with Crippen LogP contribution in [-0.2, 0) is 6.54 Å². The molecule has 0 aliphatic carbocycles. The van der Waals surface area contributed by atoms with Crippen molar-refractivity contribution in [2.24, 2.45) is 5.73 Å². The van der Waals surface area contributed by atoms with E-state index >= 15 is 0 Å². The molecule has 0 amide bonds. The summed E-state index contributed by atoms with van der Waals surface area (Å²) in [4.78, 5) is 12.7. The maximum atomic E-state index is 5.53. The van der Waals surface area contributed by atoms with E-state index in [0.29, 0.717) is 12.2 Å². The molecule has 0 saturated heterocycles. The first kappa shape index (κ1) is 12.4. The Labute approximate surface area is 110 Å². The molecule has 2 heterocycles. The van der Waals surface area contributed by atoms with Crippen molar-refractivity contribution in [2.45, 2.75) is 13.5 Å². The Bertz CT molecular complexity index is 570. The van der Waals surface area contributed by atoms with E-state index in [-0.39, 0.29) is 4.99 Å². The molecule has 2 rings (SSSR count). The van der Waals surface area contributed by atoms with Crippen LogP contribution in [-0.4, -0.2) is 19.9 Å². The molecule has 0 fully saturated rings. The van der Waals surface area contributed by atoms with E-state index in [4.69, 9.17) is 18.0 Å². The minimum Gasteiger partial charge on any atom is -0.388 e. The zero-order valence-electron chi connectivity index (χ0n) is 9.92. The van der Waals surface area contributed by atoms with Gasteiger partial charge in [0.1, 0.15) is 10.8 Å². The van der Waals surface area contributed by atoms with Gasteiger partial charge in [0.25, 0.3) is 0 Å². The largest absolute Gasteiger partial charge is 0.388 e. The number of hydrogen-bond acceptors (Lipinski definition) is 5. The van der Waals surface area contributed by atoms with Gasteiger partial charge >= 0.3 is 0 Å². The molecule has 0 aromatic carbocycles. The van der Waals surface area contributed by atoms with Crippen LogP contribution < -0.4 is 11.1 Å². The molecule has 0 spiro atoms. The number of thiocarbonyl (C=S) groups is 1. The second-order valence-electron chi connectivity index (χ2n) is 3.74. The van der Waals surface area contributed by atoms with Crippen LogP contribution >= 0.6 is 12.2 Å². The zero-order chi connectivity index (χ0) is 13.0. The predicted octanol–water partition coefficient (Wildman–Crippen LogP) is 1.43. The smallest absolute Gasteiger partial charge is 0.125 e. The quantitative estimate of drug-likeness (QED) is 0.809. The summed E-state index contributed by atoms with van der Waals surface area (Å²) in [6.45, 7) is 2.48. The summed E-state index contributed by atoms with van der Waals surface area (Å²) in [5, 5.41) is 3.24. The fourth-order valence-corrected chi connectivity index (χ4v) is 1.58. The average Bonchev–Trinajstić information content (AvgIpc) is 2.37. The highest BCUT2D eigenvalue weighted by Crippen LogP contribution is 2.09. The Balaban J connectivity index is 2.06. The zero-order valence-corrected chi connectivity index (χ0v) is 10.7. The molecule has 2 aromatic heterocycles. The van der Waals surface area contributed by atoms with E-state index in [1.54, 1.807) is 12.4 Å². The first-order valence-corrected chi connectivity index (χ1v) is 5.84. The molecule has 0 aliphatic heterocycles. The van der Waals surface area contributed by atoms with Gasteiger partial charge in [-0.15, -0.1) is 0 Å². The maximum Gasteiger partial charge on any atom is 0.125 e. The molecule has 0 unspecified atom stereocenters. The molecule has 2 aromatic rings. The molecule has 0 bridgehead atoms. The van der Waals surface area contributed by atoms with Crippen LogP contribution in [0.1, 0.15) is 17.2 Å². The van der Waals surface area contributed by atoms with Crippen molar-refractivity contribution in [3.05, 3.63) is 47.8 Å². The summed E-state index contributed by atoms with van der Waals surface area (Å²) in [5.74, 6) is 0.757. The second kappa shape index (κ2) is 5.50. The van der Waals surface area contributed by atoms with Crippen LogP contribution in [0, 0.1) is 6.92 Å². The van der Waals surface area contributed by atoms with E-state index in [9.17, 15) is 0 Å². The molecule has 0 saturated carbocycles. The van der Waals surface area contributed by atoms with Crippen LogP contribution in [0.2, 0.25) is 0 Å². The lowest BCUT2D eigenvalue weighted by Crippen LogP contribution is -2.12. The lowest BCUT2D eigenvalue weighted by Gasteiger charge is -2.07. The molecule has 92 valence electrons. The number of rotatable bonds is 4. The van der Waals surface area contributed by atoms with Crippen molar-refractivity contribution in [3.63, 3.8) is 0 Å². The fraction of sp³-hybridized carbons (Fsp3) is 0.167. The summed E-state index contributed by atoms with van der Waals surface area (Å²) in [6, 6.07) is 5.54. The highest BCUT2D eigenvalue weighted by atomic mass is 32.1. The second-order valence-corrected chi connectivity index (χ2v) is 4.18. The van der Waals surface area contributed by atoms with Crippen LogP contribution in [0.4, 0.5) is 5.69 Å². The molecule has 5 nitrogen and oxygen atoms in total. The lowest BCUT2D eigenvalue weighted by molar-refractivity contribution is 0.955. The van der Waals surface area contributed by atoms with Crippen molar-refractivity contribution < 1.29 is 0 Å². The van der Waals surface area contributed by atoms with Crippen molar-refractivity contribution in [3.8, 4) is 0 Å². The number of pyridine rings is 1. The molecular weight excluding hydrogens is 246 g/mol. The van der Waals surface area contributed by atoms with Gasteiger partial charge in [0, 0.05) is 18.1 Å². The van der Waals surface area contributed by atoms with Crippen molar-refractivity contribution >= 4 is 22.9 Å². The minimum absolute atomic E-state index is 0.288. The Kier molecular flexibility index (Phi) is 3.78. The number of hydrogen-bond donors (Lipinski definition) is 2. The lowest BCUT2D eigenvalue weighted by atomic mass is 10.3. The molecule has 18 heavy (non-hydrogen) atoms. The Hall–Kier alpha value is -2.08. The third-order valence-corrected chi connectivity index (χ3v) is 2.53. The first-order chi connectivity index (χ1) is 8.65. The van der Waals surface area contributed by atoms with Gasteiger partial charge in [0.05, 0.1) is 17.9 Å².